The van der Waals surface area contributed by atoms with E-state index < -0.39 is 0 Å². The van der Waals surface area contributed by atoms with Crippen molar-refractivity contribution in [1.29, 1.82) is 0 Å². The monoisotopic (exact) mass is 480 g/mol. The maximum absolute atomic E-state index is 13.6. The Balaban J connectivity index is 1.70. The summed E-state index contributed by atoms with van der Waals surface area (Å²) in [6, 6.07) is 5.87. The van der Waals surface area contributed by atoms with Gasteiger partial charge in [0.15, 0.2) is 0 Å². The third-order valence-electron chi connectivity index (χ3n) is 6.55. The highest BCUT2D eigenvalue weighted by atomic mass is 32.1. The molecule has 1 aliphatic heterocycles. The van der Waals surface area contributed by atoms with Gasteiger partial charge in [0, 0.05) is 36.9 Å². The molecule has 0 bridgehead atoms. The van der Waals surface area contributed by atoms with Gasteiger partial charge in [-0.05, 0) is 56.9 Å². The van der Waals surface area contributed by atoms with E-state index in [1.165, 1.54) is 15.9 Å². The van der Waals surface area contributed by atoms with Crippen LogP contribution in [0.15, 0.2) is 40.3 Å². The van der Waals surface area contributed by atoms with E-state index in [-0.39, 0.29) is 17.3 Å². The molecule has 5 rings (SSSR count). The van der Waals surface area contributed by atoms with Gasteiger partial charge in [-0.2, -0.15) is 0 Å². The van der Waals surface area contributed by atoms with Gasteiger partial charge < -0.3 is 14.0 Å². The van der Waals surface area contributed by atoms with Crippen molar-refractivity contribution in [2.24, 2.45) is 0 Å². The molecule has 1 aliphatic rings. The second kappa shape index (κ2) is 8.88. The van der Waals surface area contributed by atoms with Crippen LogP contribution >= 0.6 is 11.3 Å². The third kappa shape index (κ3) is 3.59. The molecule has 178 valence electrons. The lowest BCUT2D eigenvalue weighted by Crippen LogP contribution is -2.43. The fourth-order valence-corrected chi connectivity index (χ4v) is 6.12. The first-order chi connectivity index (χ1) is 16.4. The van der Waals surface area contributed by atoms with E-state index in [1.54, 1.807) is 18.0 Å². The van der Waals surface area contributed by atoms with E-state index in [1.807, 2.05) is 49.7 Å². The molecular formula is C25H28N4O4S. The minimum Gasteiger partial charge on any atom is -0.495 e. The van der Waals surface area contributed by atoms with Crippen molar-refractivity contribution in [3.63, 3.8) is 0 Å². The molecule has 0 unspecified atom stereocenters. The van der Waals surface area contributed by atoms with Gasteiger partial charge in [-0.3, -0.25) is 13.9 Å². The molecule has 0 spiro atoms. The number of aryl methyl sites for hydroxylation is 3. The molecule has 0 radical (unpaired) electrons. The average molecular weight is 481 g/mol. The second-order valence-electron chi connectivity index (χ2n) is 8.59. The Hall–Kier alpha value is -3.17. The standard InChI is InChI=1S/C25H28N4O4S/c1-5-28-24-21(23(30)29(25(28)31)18-8-10-33-11-9-18)16(3)22(34-24)17-6-7-19(20(12-17)32-4)27-13-15(2)26-14-27/h6-7,12-14,18H,5,8-11H2,1-4H3. The van der Waals surface area contributed by atoms with Crippen molar-refractivity contribution in [2.45, 2.75) is 46.2 Å². The van der Waals surface area contributed by atoms with Crippen LogP contribution in [0.5, 0.6) is 5.75 Å². The lowest BCUT2D eigenvalue weighted by molar-refractivity contribution is 0.0672. The summed E-state index contributed by atoms with van der Waals surface area (Å²) in [4.78, 5) is 33.0. The van der Waals surface area contributed by atoms with Gasteiger partial charge in [0.1, 0.15) is 10.6 Å². The normalized spacial score (nSPS) is 14.7. The van der Waals surface area contributed by atoms with E-state index in [2.05, 4.69) is 4.98 Å². The van der Waals surface area contributed by atoms with Crippen molar-refractivity contribution in [2.75, 3.05) is 20.3 Å². The number of imidazole rings is 1. The van der Waals surface area contributed by atoms with Crippen LogP contribution in [0, 0.1) is 13.8 Å². The molecule has 4 aromatic rings. The molecule has 0 atom stereocenters. The van der Waals surface area contributed by atoms with Crippen molar-refractivity contribution < 1.29 is 9.47 Å². The summed E-state index contributed by atoms with van der Waals surface area (Å²) in [6.45, 7) is 7.49. The van der Waals surface area contributed by atoms with E-state index in [0.717, 1.165) is 32.2 Å². The number of thiophene rings is 1. The average Bonchev–Trinajstić information content (AvgIpc) is 3.43. The molecule has 3 aromatic heterocycles. The van der Waals surface area contributed by atoms with Crippen LogP contribution < -0.4 is 16.0 Å². The Bertz CT molecular complexity index is 1490. The van der Waals surface area contributed by atoms with Crippen molar-refractivity contribution in [1.82, 2.24) is 18.7 Å². The Kier molecular flexibility index (Phi) is 5.91. The van der Waals surface area contributed by atoms with Crippen LogP contribution in [0.1, 0.15) is 37.1 Å². The molecule has 0 saturated carbocycles. The number of hydrogen-bond donors (Lipinski definition) is 0. The lowest BCUT2D eigenvalue weighted by Gasteiger charge is -2.24. The maximum atomic E-state index is 13.6. The van der Waals surface area contributed by atoms with Crippen LogP contribution in [0.2, 0.25) is 0 Å². The summed E-state index contributed by atoms with van der Waals surface area (Å²) in [7, 11) is 1.64. The summed E-state index contributed by atoms with van der Waals surface area (Å²) in [5, 5.41) is 0.626. The van der Waals surface area contributed by atoms with Gasteiger partial charge in [-0.1, -0.05) is 6.07 Å². The number of ether oxygens (including phenoxy) is 2. The number of benzene rings is 1. The second-order valence-corrected chi connectivity index (χ2v) is 9.59. The predicted molar refractivity (Wildman–Crippen MR) is 134 cm³/mol. The number of fused-ring (bicyclic) bond motifs is 1. The zero-order chi connectivity index (χ0) is 24.0. The smallest absolute Gasteiger partial charge is 0.332 e. The largest absolute Gasteiger partial charge is 0.495 e. The predicted octanol–water partition coefficient (Wildman–Crippen LogP) is 4.07. The number of methoxy groups -OCH3 is 1. The van der Waals surface area contributed by atoms with E-state index in [0.29, 0.717) is 43.7 Å². The van der Waals surface area contributed by atoms with Crippen LogP contribution in [0.25, 0.3) is 26.3 Å². The zero-order valence-electron chi connectivity index (χ0n) is 19.8. The maximum Gasteiger partial charge on any atom is 0.332 e. The Morgan fingerprint density at radius 2 is 1.97 bits per heavy atom. The summed E-state index contributed by atoms with van der Waals surface area (Å²) in [6.07, 6.45) is 5.05. The van der Waals surface area contributed by atoms with Gasteiger partial charge >= 0.3 is 5.69 Å². The topological polar surface area (TPSA) is 80.3 Å². The van der Waals surface area contributed by atoms with Gasteiger partial charge in [0.05, 0.1) is 30.2 Å². The van der Waals surface area contributed by atoms with Crippen LogP contribution in [-0.2, 0) is 11.3 Å². The molecule has 0 amide bonds. The van der Waals surface area contributed by atoms with Crippen LogP contribution in [-0.4, -0.2) is 39.0 Å². The third-order valence-corrected chi connectivity index (χ3v) is 7.91. The van der Waals surface area contributed by atoms with E-state index in [4.69, 9.17) is 9.47 Å². The summed E-state index contributed by atoms with van der Waals surface area (Å²) in [5.74, 6) is 0.708. The minimum absolute atomic E-state index is 0.128. The summed E-state index contributed by atoms with van der Waals surface area (Å²) >= 11 is 1.49. The fourth-order valence-electron chi connectivity index (χ4n) is 4.77. The molecule has 0 aliphatic carbocycles. The molecule has 1 fully saturated rings. The van der Waals surface area contributed by atoms with Crippen LogP contribution in [0.4, 0.5) is 0 Å². The van der Waals surface area contributed by atoms with E-state index in [9.17, 15) is 9.59 Å². The Morgan fingerprint density at radius 1 is 1.21 bits per heavy atom. The highest BCUT2D eigenvalue weighted by Gasteiger charge is 2.25. The van der Waals surface area contributed by atoms with Crippen molar-refractivity contribution in [3.05, 3.63) is 62.8 Å². The Morgan fingerprint density at radius 3 is 2.62 bits per heavy atom. The lowest BCUT2D eigenvalue weighted by atomic mass is 10.1. The number of rotatable bonds is 5. The highest BCUT2D eigenvalue weighted by Crippen LogP contribution is 2.39. The quantitative estimate of drug-likeness (QED) is 0.430. The van der Waals surface area contributed by atoms with Crippen LogP contribution in [0.3, 0.4) is 0 Å². The van der Waals surface area contributed by atoms with E-state index >= 15 is 0 Å². The first kappa shape index (κ1) is 22.6. The van der Waals surface area contributed by atoms with Gasteiger partial charge in [0.2, 0.25) is 0 Å². The molecule has 8 nitrogen and oxygen atoms in total. The SMILES string of the molecule is CCn1c(=O)n(C2CCOCC2)c(=O)c2c(C)c(-c3ccc(-n4cnc(C)c4)c(OC)c3)sc21. The van der Waals surface area contributed by atoms with Gasteiger partial charge in [0.25, 0.3) is 5.56 Å². The highest BCUT2D eigenvalue weighted by molar-refractivity contribution is 7.22. The molecule has 34 heavy (non-hydrogen) atoms. The molecule has 1 saturated heterocycles. The van der Waals surface area contributed by atoms with Gasteiger partial charge in [-0.15, -0.1) is 11.3 Å². The Labute approximate surface area is 201 Å². The molecule has 9 heteroatoms. The summed E-state index contributed by atoms with van der Waals surface area (Å²) in [5.41, 5.74) is 3.21. The number of nitrogens with zero attached hydrogens (tertiary/aromatic N) is 4. The molecule has 0 N–H and O–H groups in total. The van der Waals surface area contributed by atoms with Crippen molar-refractivity contribution >= 4 is 21.6 Å². The molecule has 4 heterocycles. The first-order valence-electron chi connectivity index (χ1n) is 11.5. The van der Waals surface area contributed by atoms with Crippen molar-refractivity contribution in [3.8, 4) is 21.9 Å². The fraction of sp³-hybridized carbons (Fsp3) is 0.400. The van der Waals surface area contributed by atoms with Gasteiger partial charge in [-0.25, -0.2) is 9.78 Å². The number of aromatic nitrogens is 4. The molecule has 1 aromatic carbocycles. The first-order valence-corrected chi connectivity index (χ1v) is 12.3. The molecular weight excluding hydrogens is 452 g/mol. The number of hydrogen-bond acceptors (Lipinski definition) is 6. The zero-order valence-corrected chi connectivity index (χ0v) is 20.6. The summed E-state index contributed by atoms with van der Waals surface area (Å²) < 4.78 is 16.3. The minimum atomic E-state index is -0.233.